The maximum Gasteiger partial charge on any atom is 0.0271 e. The lowest BCUT2D eigenvalue weighted by Gasteiger charge is -2.37. The van der Waals surface area contributed by atoms with E-state index in [4.69, 9.17) is 0 Å². The van der Waals surface area contributed by atoms with Gasteiger partial charge in [0.2, 0.25) is 0 Å². The summed E-state index contributed by atoms with van der Waals surface area (Å²) >= 11 is 0. The van der Waals surface area contributed by atoms with Crippen LogP contribution in [0.15, 0.2) is 0 Å². The van der Waals surface area contributed by atoms with E-state index in [9.17, 15) is 0 Å². The molecule has 98 valence electrons. The second kappa shape index (κ2) is 4.24. The molecule has 0 aliphatic heterocycles. The van der Waals surface area contributed by atoms with Crippen LogP contribution < -0.4 is 5.32 Å². The molecule has 2 heteroatoms. The van der Waals surface area contributed by atoms with Gasteiger partial charge in [-0.2, -0.15) is 0 Å². The van der Waals surface area contributed by atoms with Crippen molar-refractivity contribution in [2.45, 2.75) is 70.5 Å². The summed E-state index contributed by atoms with van der Waals surface area (Å²) in [5.41, 5.74) is 0.482. The number of likely N-dealkylation sites (N-methyl/N-ethyl adjacent to an activating group) is 1. The molecule has 2 nitrogen and oxygen atoms in total. The van der Waals surface area contributed by atoms with Crippen LogP contribution in [0.5, 0.6) is 0 Å². The van der Waals surface area contributed by atoms with E-state index in [1.54, 1.807) is 0 Å². The van der Waals surface area contributed by atoms with Gasteiger partial charge >= 0.3 is 0 Å². The molecular formula is C15H28N2. The zero-order valence-electron chi connectivity index (χ0n) is 11.7. The number of nitrogens with one attached hydrogen (secondary N) is 1. The van der Waals surface area contributed by atoms with Gasteiger partial charge in [-0.15, -0.1) is 0 Å². The molecule has 0 bridgehead atoms. The molecule has 17 heavy (non-hydrogen) atoms. The highest BCUT2D eigenvalue weighted by Gasteiger charge is 2.47. The second-order valence-corrected chi connectivity index (χ2v) is 7.23. The first-order valence-electron chi connectivity index (χ1n) is 7.55. The van der Waals surface area contributed by atoms with E-state index in [1.165, 1.54) is 45.1 Å². The van der Waals surface area contributed by atoms with Gasteiger partial charge in [-0.1, -0.05) is 13.8 Å². The third kappa shape index (κ3) is 2.39. The van der Waals surface area contributed by atoms with Gasteiger partial charge in [0.1, 0.15) is 0 Å². The topological polar surface area (TPSA) is 15.3 Å². The maximum atomic E-state index is 3.62. The third-order valence-electron chi connectivity index (χ3n) is 5.23. The van der Waals surface area contributed by atoms with Crippen LogP contribution in [0.4, 0.5) is 0 Å². The fourth-order valence-electron chi connectivity index (χ4n) is 3.86. The van der Waals surface area contributed by atoms with E-state index < -0.39 is 0 Å². The third-order valence-corrected chi connectivity index (χ3v) is 5.23. The maximum absolute atomic E-state index is 3.62. The van der Waals surface area contributed by atoms with Crippen LogP contribution in [-0.2, 0) is 0 Å². The predicted molar refractivity (Wildman–Crippen MR) is 72.1 cm³/mol. The monoisotopic (exact) mass is 236 g/mol. The summed E-state index contributed by atoms with van der Waals surface area (Å²) in [6.45, 7) is 6.27. The fraction of sp³-hybridized carbons (Fsp3) is 1.00. The SMILES string of the molecule is CNC1C(N(CC2CC2)C2CC2)CCC1(C)C. The van der Waals surface area contributed by atoms with Crippen LogP contribution in [-0.4, -0.2) is 36.6 Å². The van der Waals surface area contributed by atoms with Gasteiger partial charge in [-0.25, -0.2) is 0 Å². The number of rotatable bonds is 5. The minimum atomic E-state index is 0.482. The van der Waals surface area contributed by atoms with Crippen LogP contribution in [0.1, 0.15) is 52.4 Å². The van der Waals surface area contributed by atoms with Gasteiger partial charge in [-0.05, 0) is 56.9 Å². The Balaban J connectivity index is 1.71. The van der Waals surface area contributed by atoms with E-state index in [-0.39, 0.29) is 0 Å². The average Bonchev–Trinajstić information content (AvgIpc) is 3.12. The molecule has 0 aromatic heterocycles. The van der Waals surface area contributed by atoms with E-state index in [0.29, 0.717) is 11.5 Å². The molecule has 2 atom stereocenters. The molecule has 0 spiro atoms. The smallest absolute Gasteiger partial charge is 0.0271 e. The zero-order chi connectivity index (χ0) is 12.0. The highest BCUT2D eigenvalue weighted by molar-refractivity contribution is 5.04. The molecule has 3 fully saturated rings. The highest BCUT2D eigenvalue weighted by atomic mass is 15.2. The fourth-order valence-corrected chi connectivity index (χ4v) is 3.86. The van der Waals surface area contributed by atoms with Crippen molar-refractivity contribution in [2.75, 3.05) is 13.6 Å². The lowest BCUT2D eigenvalue weighted by molar-refractivity contribution is 0.135. The summed E-state index contributed by atoms with van der Waals surface area (Å²) in [5.74, 6) is 1.04. The normalized spacial score (nSPS) is 36.7. The highest BCUT2D eigenvalue weighted by Crippen LogP contribution is 2.44. The molecular weight excluding hydrogens is 208 g/mol. The van der Waals surface area contributed by atoms with Crippen LogP contribution >= 0.6 is 0 Å². The Morgan fingerprint density at radius 1 is 1.12 bits per heavy atom. The van der Waals surface area contributed by atoms with Crippen molar-refractivity contribution < 1.29 is 0 Å². The Hall–Kier alpha value is -0.0800. The number of hydrogen-bond acceptors (Lipinski definition) is 2. The molecule has 0 aromatic rings. The Bertz CT molecular complexity index is 279. The largest absolute Gasteiger partial charge is 0.315 e. The van der Waals surface area contributed by atoms with Crippen LogP contribution in [0.2, 0.25) is 0 Å². The van der Waals surface area contributed by atoms with Crippen LogP contribution in [0.3, 0.4) is 0 Å². The Morgan fingerprint density at radius 3 is 2.35 bits per heavy atom. The average molecular weight is 236 g/mol. The van der Waals surface area contributed by atoms with Crippen molar-refractivity contribution in [3.8, 4) is 0 Å². The first-order valence-corrected chi connectivity index (χ1v) is 7.55. The molecule has 0 heterocycles. The van der Waals surface area contributed by atoms with Crippen molar-refractivity contribution in [3.05, 3.63) is 0 Å². The standard InChI is InChI=1S/C15H28N2/c1-15(2)9-8-13(14(15)16-3)17(12-6-7-12)10-11-4-5-11/h11-14,16H,4-10H2,1-3H3. The summed E-state index contributed by atoms with van der Waals surface area (Å²) in [4.78, 5) is 2.88. The van der Waals surface area contributed by atoms with Gasteiger partial charge in [-0.3, -0.25) is 4.90 Å². The van der Waals surface area contributed by atoms with Crippen molar-refractivity contribution >= 4 is 0 Å². The summed E-state index contributed by atoms with van der Waals surface area (Å²) in [6.07, 6.45) is 8.69. The Labute approximate surface area is 106 Å². The zero-order valence-corrected chi connectivity index (χ0v) is 11.7. The van der Waals surface area contributed by atoms with Crippen molar-refractivity contribution in [1.82, 2.24) is 10.2 Å². The molecule has 3 saturated carbocycles. The van der Waals surface area contributed by atoms with Gasteiger partial charge in [0.25, 0.3) is 0 Å². The van der Waals surface area contributed by atoms with Crippen molar-refractivity contribution in [3.63, 3.8) is 0 Å². The molecule has 0 saturated heterocycles. The summed E-state index contributed by atoms with van der Waals surface area (Å²) in [7, 11) is 2.16. The number of nitrogens with zero attached hydrogens (tertiary/aromatic N) is 1. The number of hydrogen-bond donors (Lipinski definition) is 1. The Kier molecular flexibility index (Phi) is 2.99. The van der Waals surface area contributed by atoms with Gasteiger partial charge in [0.15, 0.2) is 0 Å². The van der Waals surface area contributed by atoms with Gasteiger partial charge in [0, 0.05) is 24.7 Å². The lowest BCUT2D eigenvalue weighted by Crippen LogP contribution is -2.52. The molecule has 3 rings (SSSR count). The summed E-state index contributed by atoms with van der Waals surface area (Å²) in [6, 6.07) is 2.44. The van der Waals surface area contributed by atoms with Crippen molar-refractivity contribution in [1.29, 1.82) is 0 Å². The predicted octanol–water partition coefficient (Wildman–Crippen LogP) is 2.64. The van der Waals surface area contributed by atoms with Crippen LogP contribution in [0.25, 0.3) is 0 Å². The van der Waals surface area contributed by atoms with Gasteiger partial charge in [0.05, 0.1) is 0 Å². The lowest BCUT2D eigenvalue weighted by atomic mass is 9.86. The first kappa shape index (κ1) is 12.0. The van der Waals surface area contributed by atoms with E-state index in [0.717, 1.165) is 18.0 Å². The minimum absolute atomic E-state index is 0.482. The first-order chi connectivity index (χ1) is 8.12. The molecule has 0 radical (unpaired) electrons. The summed E-state index contributed by atoms with van der Waals surface area (Å²) < 4.78 is 0. The molecule has 0 aromatic carbocycles. The summed E-state index contributed by atoms with van der Waals surface area (Å²) in [5, 5.41) is 3.62. The van der Waals surface area contributed by atoms with E-state index in [2.05, 4.69) is 31.1 Å². The molecule has 1 N–H and O–H groups in total. The Morgan fingerprint density at radius 2 is 1.82 bits per heavy atom. The molecule has 2 unspecified atom stereocenters. The molecule has 3 aliphatic carbocycles. The van der Waals surface area contributed by atoms with Crippen molar-refractivity contribution in [2.24, 2.45) is 11.3 Å². The second-order valence-electron chi connectivity index (χ2n) is 7.23. The van der Waals surface area contributed by atoms with Crippen LogP contribution in [0, 0.1) is 11.3 Å². The molecule has 0 amide bonds. The van der Waals surface area contributed by atoms with E-state index in [1.807, 2.05) is 0 Å². The van der Waals surface area contributed by atoms with E-state index >= 15 is 0 Å². The van der Waals surface area contributed by atoms with Gasteiger partial charge < -0.3 is 5.32 Å². The quantitative estimate of drug-likeness (QED) is 0.789. The molecule has 3 aliphatic rings. The minimum Gasteiger partial charge on any atom is -0.315 e.